The lowest BCUT2D eigenvalue weighted by Crippen LogP contribution is -2.31. The fourth-order valence-electron chi connectivity index (χ4n) is 2.19. The number of nitriles is 1. The summed E-state index contributed by atoms with van der Waals surface area (Å²) in [4.78, 5) is 25.4. The maximum atomic E-state index is 12.1. The van der Waals surface area contributed by atoms with E-state index < -0.39 is 0 Å². The molecule has 0 bridgehead atoms. The van der Waals surface area contributed by atoms with Crippen LogP contribution in [0.15, 0.2) is 42.5 Å². The Morgan fingerprint density at radius 1 is 1.12 bits per heavy atom. The first kappa shape index (κ1) is 18.8. The maximum Gasteiger partial charge on any atom is 0.226 e. The van der Waals surface area contributed by atoms with E-state index in [-0.39, 0.29) is 24.8 Å². The third-order valence-corrected chi connectivity index (χ3v) is 4.19. The van der Waals surface area contributed by atoms with Gasteiger partial charge in [0.15, 0.2) is 0 Å². The van der Waals surface area contributed by atoms with Crippen LogP contribution in [0.4, 0.5) is 11.4 Å². The second kappa shape index (κ2) is 8.52. The molecule has 0 fully saturated rings. The van der Waals surface area contributed by atoms with Crippen molar-refractivity contribution in [1.82, 2.24) is 0 Å². The summed E-state index contributed by atoms with van der Waals surface area (Å²) in [5.41, 5.74) is 1.67. The summed E-state index contributed by atoms with van der Waals surface area (Å²) < 4.78 is 0. The quantitative estimate of drug-likeness (QED) is 0.848. The Morgan fingerprint density at radius 3 is 2.36 bits per heavy atom. The summed E-state index contributed by atoms with van der Waals surface area (Å²) in [6.07, 6.45) is 0.111. The number of nitrogens with zero attached hydrogens (tertiary/aromatic N) is 2. The SMILES string of the molecule is CC(=O)N(CCC(=O)Nc1ccc(Cl)c(Cl)c1)c1ccc(C#N)cc1. The average Bonchev–Trinajstić information content (AvgIpc) is 2.58. The Labute approximate surface area is 155 Å². The minimum absolute atomic E-state index is 0.111. The van der Waals surface area contributed by atoms with Gasteiger partial charge < -0.3 is 10.2 Å². The lowest BCUT2D eigenvalue weighted by molar-refractivity contribution is -0.117. The number of benzene rings is 2. The highest BCUT2D eigenvalue weighted by molar-refractivity contribution is 6.42. The van der Waals surface area contributed by atoms with Gasteiger partial charge in [-0.25, -0.2) is 0 Å². The van der Waals surface area contributed by atoms with Crippen LogP contribution in [0.5, 0.6) is 0 Å². The van der Waals surface area contributed by atoms with Crippen molar-refractivity contribution in [1.29, 1.82) is 5.26 Å². The molecule has 0 atom stereocenters. The summed E-state index contributed by atoms with van der Waals surface area (Å²) in [7, 11) is 0. The molecule has 7 heteroatoms. The molecule has 128 valence electrons. The van der Waals surface area contributed by atoms with Gasteiger partial charge in [-0.1, -0.05) is 23.2 Å². The fourth-order valence-corrected chi connectivity index (χ4v) is 2.49. The van der Waals surface area contributed by atoms with Gasteiger partial charge in [0, 0.05) is 31.3 Å². The first-order valence-electron chi connectivity index (χ1n) is 7.44. The number of carbonyl (C=O) groups excluding carboxylic acids is 2. The number of halogens is 2. The van der Waals surface area contributed by atoms with E-state index >= 15 is 0 Å². The molecule has 2 aromatic carbocycles. The molecule has 0 unspecified atom stereocenters. The van der Waals surface area contributed by atoms with E-state index in [9.17, 15) is 9.59 Å². The number of nitrogens with one attached hydrogen (secondary N) is 1. The van der Waals surface area contributed by atoms with Gasteiger partial charge in [0.2, 0.25) is 11.8 Å². The standard InChI is InChI=1S/C18H15Cl2N3O2/c1-12(24)23(15-5-2-13(11-21)3-6-15)9-8-18(25)22-14-4-7-16(19)17(20)10-14/h2-7,10H,8-9H2,1H3,(H,22,25). The average molecular weight is 376 g/mol. The molecule has 0 heterocycles. The van der Waals surface area contributed by atoms with Crippen molar-refractivity contribution in [3.8, 4) is 6.07 Å². The van der Waals surface area contributed by atoms with E-state index in [1.807, 2.05) is 6.07 Å². The second-order valence-electron chi connectivity index (χ2n) is 5.26. The van der Waals surface area contributed by atoms with Crippen LogP contribution < -0.4 is 10.2 Å². The number of hydrogen-bond donors (Lipinski definition) is 1. The summed E-state index contributed by atoms with van der Waals surface area (Å²) in [5.74, 6) is -0.440. The number of carbonyl (C=O) groups is 2. The van der Waals surface area contributed by atoms with Crippen LogP contribution in [-0.2, 0) is 9.59 Å². The zero-order chi connectivity index (χ0) is 18.4. The Morgan fingerprint density at radius 2 is 1.80 bits per heavy atom. The molecule has 2 aromatic rings. The largest absolute Gasteiger partial charge is 0.326 e. The summed E-state index contributed by atoms with van der Waals surface area (Å²) in [6, 6.07) is 13.4. The van der Waals surface area contributed by atoms with E-state index in [0.29, 0.717) is 27.0 Å². The van der Waals surface area contributed by atoms with Gasteiger partial charge >= 0.3 is 0 Å². The topological polar surface area (TPSA) is 73.2 Å². The van der Waals surface area contributed by atoms with Crippen LogP contribution in [0.1, 0.15) is 18.9 Å². The molecule has 0 saturated heterocycles. The lowest BCUT2D eigenvalue weighted by atomic mass is 10.2. The molecule has 0 aromatic heterocycles. The van der Waals surface area contributed by atoms with Crippen LogP contribution >= 0.6 is 23.2 Å². The molecule has 0 saturated carbocycles. The van der Waals surface area contributed by atoms with E-state index in [4.69, 9.17) is 28.5 Å². The number of hydrogen-bond acceptors (Lipinski definition) is 3. The molecule has 0 aliphatic heterocycles. The van der Waals surface area contributed by atoms with Crippen LogP contribution in [0.2, 0.25) is 10.0 Å². The Hall–Kier alpha value is -2.55. The number of amides is 2. The highest BCUT2D eigenvalue weighted by Gasteiger charge is 2.14. The summed E-state index contributed by atoms with van der Waals surface area (Å²) in [5, 5.41) is 12.3. The van der Waals surface area contributed by atoms with Crippen LogP contribution in [0.25, 0.3) is 0 Å². The minimum atomic E-state index is -0.252. The molecule has 2 amide bonds. The van der Waals surface area contributed by atoms with E-state index in [2.05, 4.69) is 5.32 Å². The van der Waals surface area contributed by atoms with Crippen LogP contribution in [0, 0.1) is 11.3 Å². The van der Waals surface area contributed by atoms with Gasteiger partial charge in [-0.05, 0) is 42.5 Å². The second-order valence-corrected chi connectivity index (χ2v) is 6.07. The number of anilines is 2. The van der Waals surface area contributed by atoms with Crippen molar-refractivity contribution in [2.24, 2.45) is 0 Å². The molecule has 25 heavy (non-hydrogen) atoms. The van der Waals surface area contributed by atoms with Gasteiger partial charge in [-0.3, -0.25) is 9.59 Å². The summed E-state index contributed by atoms with van der Waals surface area (Å²) in [6.45, 7) is 1.64. The molecule has 0 spiro atoms. The van der Waals surface area contributed by atoms with Gasteiger partial charge in [0.1, 0.15) is 0 Å². The normalized spacial score (nSPS) is 10.0. The van der Waals surface area contributed by atoms with Crippen molar-refractivity contribution in [3.63, 3.8) is 0 Å². The van der Waals surface area contributed by atoms with Gasteiger partial charge in [-0.2, -0.15) is 5.26 Å². The fraction of sp³-hybridized carbons (Fsp3) is 0.167. The van der Waals surface area contributed by atoms with Gasteiger partial charge in [-0.15, -0.1) is 0 Å². The Kier molecular flexibility index (Phi) is 6.40. The molecular weight excluding hydrogens is 361 g/mol. The molecule has 0 aliphatic carbocycles. The van der Waals surface area contributed by atoms with Crippen LogP contribution in [0.3, 0.4) is 0 Å². The Bertz CT molecular complexity index is 829. The molecule has 1 N–H and O–H groups in total. The molecule has 0 aliphatic rings. The van der Waals surface area contributed by atoms with Crippen molar-refractivity contribution >= 4 is 46.4 Å². The lowest BCUT2D eigenvalue weighted by Gasteiger charge is -2.21. The van der Waals surface area contributed by atoms with Gasteiger partial charge in [0.25, 0.3) is 0 Å². The molecular formula is C18H15Cl2N3O2. The zero-order valence-corrected chi connectivity index (χ0v) is 14.9. The van der Waals surface area contributed by atoms with Crippen molar-refractivity contribution in [2.45, 2.75) is 13.3 Å². The highest BCUT2D eigenvalue weighted by Crippen LogP contribution is 2.25. The summed E-state index contributed by atoms with van der Waals surface area (Å²) >= 11 is 11.7. The number of rotatable bonds is 5. The van der Waals surface area contributed by atoms with E-state index in [1.165, 1.54) is 11.8 Å². The zero-order valence-electron chi connectivity index (χ0n) is 13.4. The Balaban J connectivity index is 2.00. The van der Waals surface area contributed by atoms with Crippen LogP contribution in [-0.4, -0.2) is 18.4 Å². The van der Waals surface area contributed by atoms with E-state index in [1.54, 1.807) is 42.5 Å². The van der Waals surface area contributed by atoms with Crippen molar-refractivity contribution in [3.05, 3.63) is 58.1 Å². The predicted molar refractivity (Wildman–Crippen MR) is 98.9 cm³/mol. The smallest absolute Gasteiger partial charge is 0.226 e. The van der Waals surface area contributed by atoms with E-state index in [0.717, 1.165) is 0 Å². The van der Waals surface area contributed by atoms with Crippen molar-refractivity contribution < 1.29 is 9.59 Å². The van der Waals surface area contributed by atoms with Crippen molar-refractivity contribution in [2.75, 3.05) is 16.8 Å². The minimum Gasteiger partial charge on any atom is -0.326 e. The highest BCUT2D eigenvalue weighted by atomic mass is 35.5. The first-order valence-corrected chi connectivity index (χ1v) is 8.19. The monoisotopic (exact) mass is 375 g/mol. The third kappa shape index (κ3) is 5.21. The third-order valence-electron chi connectivity index (χ3n) is 3.45. The van der Waals surface area contributed by atoms with Gasteiger partial charge in [0.05, 0.1) is 21.7 Å². The predicted octanol–water partition coefficient (Wildman–Crippen LogP) is 4.25. The molecule has 0 radical (unpaired) electrons. The molecule has 5 nitrogen and oxygen atoms in total. The first-order chi connectivity index (χ1) is 11.9. The maximum absolute atomic E-state index is 12.1. The molecule has 2 rings (SSSR count).